The average Bonchev–Trinajstić information content (AvgIpc) is 2.50. The molecule has 24 heavy (non-hydrogen) atoms. The number of hydrogen-bond donors (Lipinski definition) is 0. The third kappa shape index (κ3) is 2.58. The first-order chi connectivity index (χ1) is 11.2. The lowest BCUT2D eigenvalue weighted by atomic mass is 9.80. The third-order valence-corrected chi connectivity index (χ3v) is 4.98. The van der Waals surface area contributed by atoms with Crippen molar-refractivity contribution in [2.45, 2.75) is 45.6 Å². The third-order valence-electron chi connectivity index (χ3n) is 4.98. The van der Waals surface area contributed by atoms with Gasteiger partial charge in [0.1, 0.15) is 11.1 Å². The highest BCUT2D eigenvalue weighted by molar-refractivity contribution is 5.94. The van der Waals surface area contributed by atoms with Gasteiger partial charge in [0.05, 0.1) is 6.61 Å². The van der Waals surface area contributed by atoms with Crippen LogP contribution in [0.3, 0.4) is 0 Å². The largest absolute Gasteiger partial charge is 0.462 e. The zero-order chi connectivity index (χ0) is 17.6. The van der Waals surface area contributed by atoms with Gasteiger partial charge in [0.25, 0.3) is 0 Å². The molecule has 0 N–H and O–H groups in total. The molecule has 0 saturated carbocycles. The van der Waals surface area contributed by atoms with Crippen LogP contribution >= 0.6 is 0 Å². The number of hydrogen-bond acceptors (Lipinski definition) is 5. The van der Waals surface area contributed by atoms with Gasteiger partial charge < -0.3 is 14.1 Å². The summed E-state index contributed by atoms with van der Waals surface area (Å²) < 4.78 is 10.3. The van der Waals surface area contributed by atoms with E-state index in [1.807, 2.05) is 12.1 Å². The van der Waals surface area contributed by atoms with Crippen LogP contribution in [0, 0.1) is 0 Å². The lowest BCUT2D eigenvalue weighted by molar-refractivity contribution is 0.0522. The van der Waals surface area contributed by atoms with E-state index in [1.54, 1.807) is 13.0 Å². The fourth-order valence-corrected chi connectivity index (χ4v) is 3.53. The number of rotatable bonds is 2. The predicted octanol–water partition coefficient (Wildman–Crippen LogP) is 3.69. The molecule has 2 heterocycles. The maximum Gasteiger partial charge on any atom is 0.351 e. The Morgan fingerprint density at radius 2 is 2.08 bits per heavy atom. The van der Waals surface area contributed by atoms with E-state index >= 15 is 0 Å². The molecule has 1 aromatic carbocycles. The van der Waals surface area contributed by atoms with Crippen molar-refractivity contribution in [1.29, 1.82) is 0 Å². The zero-order valence-electron chi connectivity index (χ0n) is 14.8. The van der Waals surface area contributed by atoms with E-state index in [0.29, 0.717) is 11.5 Å². The highest BCUT2D eigenvalue weighted by atomic mass is 16.5. The normalized spacial score (nSPS) is 19.2. The lowest BCUT2D eigenvalue weighted by Crippen LogP contribution is -2.45. The van der Waals surface area contributed by atoms with Crippen molar-refractivity contribution in [1.82, 2.24) is 0 Å². The van der Waals surface area contributed by atoms with Crippen LogP contribution in [0.2, 0.25) is 0 Å². The zero-order valence-corrected chi connectivity index (χ0v) is 14.8. The second-order valence-corrected chi connectivity index (χ2v) is 7.09. The van der Waals surface area contributed by atoms with Gasteiger partial charge in [0.15, 0.2) is 0 Å². The Kier molecular flexibility index (Phi) is 3.90. The fraction of sp³-hybridized carbons (Fsp3) is 0.474. The molecule has 0 bridgehead atoms. The summed E-state index contributed by atoms with van der Waals surface area (Å²) in [4.78, 5) is 26.2. The first kappa shape index (κ1) is 16.6. The van der Waals surface area contributed by atoms with Gasteiger partial charge in [-0.05, 0) is 50.8 Å². The van der Waals surface area contributed by atoms with Crippen LogP contribution in [0.15, 0.2) is 27.4 Å². The van der Waals surface area contributed by atoms with Gasteiger partial charge in [-0.25, -0.2) is 9.59 Å². The molecular formula is C19H23NO4. The van der Waals surface area contributed by atoms with Crippen molar-refractivity contribution in [2.24, 2.45) is 0 Å². The summed E-state index contributed by atoms with van der Waals surface area (Å²) in [7, 11) is 2.06. The number of anilines is 1. The molecule has 5 heteroatoms. The summed E-state index contributed by atoms with van der Waals surface area (Å²) in [5, 5.41) is 0.747. The van der Waals surface area contributed by atoms with E-state index < -0.39 is 11.6 Å². The number of esters is 1. The van der Waals surface area contributed by atoms with Crippen molar-refractivity contribution < 1.29 is 13.9 Å². The molecule has 0 radical (unpaired) electrons. The van der Waals surface area contributed by atoms with E-state index in [9.17, 15) is 9.59 Å². The van der Waals surface area contributed by atoms with Gasteiger partial charge in [-0.1, -0.05) is 6.92 Å². The maximum absolute atomic E-state index is 12.1. The standard InChI is InChI=1S/C19H23NO4/c1-6-23-17(21)14-8-12-7-13-11(2)10-19(3,4)20(5)15(13)9-16(12)24-18(14)22/h7-9,11H,6,10H2,1-5H3. The van der Waals surface area contributed by atoms with Crippen molar-refractivity contribution in [3.05, 3.63) is 39.7 Å². The first-order valence-electron chi connectivity index (χ1n) is 8.27. The monoisotopic (exact) mass is 329 g/mol. The van der Waals surface area contributed by atoms with Gasteiger partial charge in [0, 0.05) is 29.7 Å². The fourth-order valence-electron chi connectivity index (χ4n) is 3.53. The Morgan fingerprint density at radius 3 is 2.75 bits per heavy atom. The van der Waals surface area contributed by atoms with Crippen LogP contribution in [0.1, 0.15) is 56.0 Å². The minimum absolute atomic E-state index is 0.0330. The van der Waals surface area contributed by atoms with E-state index in [4.69, 9.17) is 9.15 Å². The van der Waals surface area contributed by atoms with E-state index in [-0.39, 0.29) is 17.7 Å². The quantitative estimate of drug-likeness (QED) is 0.621. The maximum atomic E-state index is 12.1. The van der Waals surface area contributed by atoms with Crippen LogP contribution in [0.4, 0.5) is 5.69 Å². The van der Waals surface area contributed by atoms with Gasteiger partial charge in [-0.2, -0.15) is 0 Å². The molecule has 0 saturated heterocycles. The molecule has 128 valence electrons. The molecule has 0 aliphatic carbocycles. The Hall–Kier alpha value is -2.30. The number of nitrogens with zero attached hydrogens (tertiary/aromatic N) is 1. The summed E-state index contributed by atoms with van der Waals surface area (Å²) >= 11 is 0. The SMILES string of the molecule is CCOC(=O)c1cc2cc3c(cc2oc1=O)N(C)C(C)(C)CC3C. The Labute approximate surface area is 141 Å². The molecule has 0 fully saturated rings. The van der Waals surface area contributed by atoms with E-state index in [0.717, 1.165) is 17.5 Å². The second kappa shape index (κ2) is 5.65. The topological polar surface area (TPSA) is 59.8 Å². The molecule has 1 atom stereocenters. The smallest absolute Gasteiger partial charge is 0.351 e. The summed E-state index contributed by atoms with van der Waals surface area (Å²) in [6, 6.07) is 5.50. The second-order valence-electron chi connectivity index (χ2n) is 7.09. The minimum atomic E-state index is -0.660. The number of carbonyl (C=O) groups is 1. The van der Waals surface area contributed by atoms with Crippen LogP contribution in [-0.4, -0.2) is 25.2 Å². The number of ether oxygens (including phenoxy) is 1. The Morgan fingerprint density at radius 1 is 1.38 bits per heavy atom. The predicted molar refractivity (Wildman–Crippen MR) is 94.0 cm³/mol. The van der Waals surface area contributed by atoms with Crippen molar-refractivity contribution >= 4 is 22.6 Å². The van der Waals surface area contributed by atoms with Gasteiger partial charge in [-0.15, -0.1) is 0 Å². The van der Waals surface area contributed by atoms with Gasteiger partial charge in [0.2, 0.25) is 0 Å². The van der Waals surface area contributed by atoms with Crippen molar-refractivity contribution in [3.8, 4) is 0 Å². The van der Waals surface area contributed by atoms with E-state index in [1.165, 1.54) is 5.56 Å². The lowest BCUT2D eigenvalue weighted by Gasteiger charge is -2.45. The molecule has 0 spiro atoms. The summed E-state index contributed by atoms with van der Waals surface area (Å²) in [5.74, 6) is -0.259. The number of benzene rings is 1. The van der Waals surface area contributed by atoms with Crippen LogP contribution in [0.5, 0.6) is 0 Å². The minimum Gasteiger partial charge on any atom is -0.462 e. The van der Waals surface area contributed by atoms with Gasteiger partial charge in [-0.3, -0.25) is 0 Å². The van der Waals surface area contributed by atoms with Crippen LogP contribution < -0.4 is 10.5 Å². The number of fused-ring (bicyclic) bond motifs is 2. The molecule has 3 rings (SSSR count). The van der Waals surface area contributed by atoms with Crippen LogP contribution in [-0.2, 0) is 4.74 Å². The summed E-state index contributed by atoms with van der Waals surface area (Å²) in [6.45, 7) is 8.53. The summed E-state index contributed by atoms with van der Waals surface area (Å²) in [5.41, 5.74) is 2.08. The molecule has 1 unspecified atom stereocenters. The molecule has 2 aromatic rings. The Bertz CT molecular complexity index is 866. The molecule has 1 aromatic heterocycles. The molecule has 0 amide bonds. The Balaban J connectivity index is 2.20. The molecule has 5 nitrogen and oxygen atoms in total. The van der Waals surface area contributed by atoms with Crippen molar-refractivity contribution in [2.75, 3.05) is 18.6 Å². The molecule has 1 aliphatic heterocycles. The van der Waals surface area contributed by atoms with E-state index in [2.05, 4.69) is 32.7 Å². The van der Waals surface area contributed by atoms with Gasteiger partial charge >= 0.3 is 11.6 Å². The molecule has 1 aliphatic rings. The van der Waals surface area contributed by atoms with Crippen molar-refractivity contribution in [3.63, 3.8) is 0 Å². The molecular weight excluding hydrogens is 306 g/mol. The summed E-state index contributed by atoms with van der Waals surface area (Å²) in [6.07, 6.45) is 1.03. The first-order valence-corrected chi connectivity index (χ1v) is 8.27. The average molecular weight is 329 g/mol. The highest BCUT2D eigenvalue weighted by Crippen LogP contribution is 2.43. The highest BCUT2D eigenvalue weighted by Gasteiger charge is 2.34. The van der Waals surface area contributed by atoms with Crippen LogP contribution in [0.25, 0.3) is 11.0 Å². The number of carbonyl (C=O) groups excluding carboxylic acids is 1.